The van der Waals surface area contributed by atoms with E-state index >= 15 is 0 Å². The molecule has 1 aromatic heterocycles. The highest BCUT2D eigenvalue weighted by Gasteiger charge is 2.36. The average molecular weight is 541 g/mol. The SMILES string of the molecule is Cc1cccc(OCCn2cc(C=C3C(=N)N4N=C(CC(=O)N5CCCC5)SC4=NC3=O)c3ccccc32)c1. The third kappa shape index (κ3) is 5.12. The summed E-state index contributed by atoms with van der Waals surface area (Å²) in [5.41, 5.74) is 3.13. The molecule has 0 aliphatic carbocycles. The van der Waals surface area contributed by atoms with Crippen molar-refractivity contribution in [1.29, 1.82) is 5.41 Å². The maximum atomic E-state index is 13.0. The summed E-state index contributed by atoms with van der Waals surface area (Å²) in [6.07, 6.45) is 5.87. The van der Waals surface area contributed by atoms with Crippen LogP contribution in [0.5, 0.6) is 5.75 Å². The van der Waals surface area contributed by atoms with Gasteiger partial charge in [0, 0.05) is 35.8 Å². The zero-order valence-electron chi connectivity index (χ0n) is 21.6. The van der Waals surface area contributed by atoms with Gasteiger partial charge in [0.2, 0.25) is 11.1 Å². The normalized spacial score (nSPS) is 18.1. The summed E-state index contributed by atoms with van der Waals surface area (Å²) in [5.74, 6) is 0.322. The molecule has 0 bridgehead atoms. The van der Waals surface area contributed by atoms with Crippen LogP contribution in [0.25, 0.3) is 17.0 Å². The minimum atomic E-state index is -0.485. The van der Waals surface area contributed by atoms with E-state index in [1.165, 1.54) is 16.8 Å². The number of ether oxygens (including phenoxy) is 1. The van der Waals surface area contributed by atoms with E-state index in [1.54, 1.807) is 6.08 Å². The van der Waals surface area contributed by atoms with Gasteiger partial charge < -0.3 is 14.2 Å². The number of likely N-dealkylation sites (tertiary alicyclic amines) is 1. The molecule has 1 saturated heterocycles. The summed E-state index contributed by atoms with van der Waals surface area (Å²) < 4.78 is 8.05. The molecule has 0 spiro atoms. The zero-order valence-corrected chi connectivity index (χ0v) is 22.4. The van der Waals surface area contributed by atoms with Crippen molar-refractivity contribution in [3.8, 4) is 5.75 Å². The van der Waals surface area contributed by atoms with Gasteiger partial charge in [-0.3, -0.25) is 15.0 Å². The van der Waals surface area contributed by atoms with E-state index in [0.717, 1.165) is 53.7 Å². The fraction of sp³-hybridized carbons (Fsp3) is 0.276. The molecule has 39 heavy (non-hydrogen) atoms. The first-order chi connectivity index (χ1) is 19.0. The third-order valence-corrected chi connectivity index (χ3v) is 7.88. The van der Waals surface area contributed by atoms with Crippen LogP contribution in [0.1, 0.15) is 30.4 Å². The number of thioether (sulfide) groups is 1. The minimum Gasteiger partial charge on any atom is -0.492 e. The first kappa shape index (κ1) is 25.1. The molecule has 0 atom stereocenters. The summed E-state index contributed by atoms with van der Waals surface area (Å²) in [5, 5.41) is 16.4. The van der Waals surface area contributed by atoms with Gasteiger partial charge in [-0.1, -0.05) is 30.3 Å². The molecule has 3 aromatic rings. The van der Waals surface area contributed by atoms with Crippen molar-refractivity contribution in [3.63, 3.8) is 0 Å². The highest BCUT2D eigenvalue weighted by atomic mass is 32.2. The Bertz CT molecular complexity index is 1580. The Balaban J connectivity index is 1.22. The molecule has 0 saturated carbocycles. The predicted octanol–water partition coefficient (Wildman–Crippen LogP) is 4.66. The Labute approximate surface area is 230 Å². The monoisotopic (exact) mass is 540 g/mol. The fourth-order valence-electron chi connectivity index (χ4n) is 5.01. The number of nitrogens with zero attached hydrogens (tertiary/aromatic N) is 5. The molecule has 4 heterocycles. The van der Waals surface area contributed by atoms with Gasteiger partial charge >= 0.3 is 0 Å². The van der Waals surface area contributed by atoms with Gasteiger partial charge in [0.05, 0.1) is 18.5 Å². The molecule has 0 radical (unpaired) electrons. The van der Waals surface area contributed by atoms with Crippen LogP contribution < -0.4 is 4.74 Å². The minimum absolute atomic E-state index is 0.0204. The maximum Gasteiger partial charge on any atom is 0.283 e. The Morgan fingerprint density at radius 1 is 1.15 bits per heavy atom. The van der Waals surface area contributed by atoms with E-state index in [1.807, 2.05) is 66.6 Å². The van der Waals surface area contributed by atoms with E-state index in [9.17, 15) is 9.59 Å². The number of amides is 2. The second kappa shape index (κ2) is 10.5. The number of carbonyl (C=O) groups is 2. The molecular formula is C29H28N6O3S. The number of benzene rings is 2. The number of hydrogen-bond acceptors (Lipinski definition) is 6. The van der Waals surface area contributed by atoms with Gasteiger partial charge in [-0.05, 0) is 61.4 Å². The number of aromatic nitrogens is 1. The number of aryl methyl sites for hydroxylation is 1. The lowest BCUT2D eigenvalue weighted by Crippen LogP contribution is -2.35. The van der Waals surface area contributed by atoms with Gasteiger partial charge in [0.1, 0.15) is 17.4 Å². The van der Waals surface area contributed by atoms with Crippen molar-refractivity contribution in [3.05, 3.63) is 71.4 Å². The lowest BCUT2D eigenvalue weighted by molar-refractivity contribution is -0.128. The van der Waals surface area contributed by atoms with E-state index in [-0.39, 0.29) is 23.7 Å². The summed E-state index contributed by atoms with van der Waals surface area (Å²) >= 11 is 1.18. The Kier molecular flexibility index (Phi) is 6.78. The van der Waals surface area contributed by atoms with Crippen LogP contribution in [0.3, 0.4) is 0 Å². The van der Waals surface area contributed by atoms with Gasteiger partial charge in [-0.2, -0.15) is 15.1 Å². The molecule has 3 aliphatic rings. The van der Waals surface area contributed by atoms with Crippen LogP contribution in [0.2, 0.25) is 0 Å². The molecule has 1 fully saturated rings. The zero-order chi connectivity index (χ0) is 26.9. The van der Waals surface area contributed by atoms with E-state index in [0.29, 0.717) is 23.4 Å². The molecular weight excluding hydrogens is 512 g/mol. The summed E-state index contributed by atoms with van der Waals surface area (Å²) in [6.45, 7) is 4.68. The van der Waals surface area contributed by atoms with Crippen molar-refractivity contribution in [2.24, 2.45) is 10.1 Å². The number of hydrogen-bond donors (Lipinski definition) is 1. The Hall–Kier alpha value is -4.18. The Morgan fingerprint density at radius 3 is 2.79 bits per heavy atom. The number of rotatable bonds is 7. The second-order valence-electron chi connectivity index (χ2n) is 9.74. The fourth-order valence-corrected chi connectivity index (χ4v) is 5.88. The molecule has 1 N–H and O–H groups in total. The molecule has 9 nitrogen and oxygen atoms in total. The van der Waals surface area contributed by atoms with Gasteiger partial charge in [0.25, 0.3) is 5.91 Å². The lowest BCUT2D eigenvalue weighted by Gasteiger charge is -2.20. The van der Waals surface area contributed by atoms with Gasteiger partial charge in [-0.25, -0.2) is 0 Å². The van der Waals surface area contributed by atoms with Gasteiger partial charge in [-0.15, -0.1) is 0 Å². The van der Waals surface area contributed by atoms with E-state index in [4.69, 9.17) is 10.1 Å². The van der Waals surface area contributed by atoms with E-state index in [2.05, 4.69) is 14.7 Å². The van der Waals surface area contributed by atoms with Crippen molar-refractivity contribution in [1.82, 2.24) is 14.5 Å². The summed E-state index contributed by atoms with van der Waals surface area (Å²) in [6, 6.07) is 15.9. The topological polar surface area (TPSA) is 103 Å². The second-order valence-corrected chi connectivity index (χ2v) is 10.8. The largest absolute Gasteiger partial charge is 0.492 e. The summed E-state index contributed by atoms with van der Waals surface area (Å²) in [4.78, 5) is 31.6. The van der Waals surface area contributed by atoms with Crippen molar-refractivity contribution < 1.29 is 14.3 Å². The number of nitrogens with one attached hydrogen (secondary N) is 1. The molecule has 10 heteroatoms. The molecule has 3 aliphatic heterocycles. The lowest BCUT2D eigenvalue weighted by atomic mass is 10.1. The van der Waals surface area contributed by atoms with Crippen LogP contribution in [0, 0.1) is 12.3 Å². The first-order valence-corrected chi connectivity index (χ1v) is 13.8. The maximum absolute atomic E-state index is 13.0. The standard InChI is InChI=1S/C29H28N6O3S/c1-19-7-6-8-21(15-19)38-14-13-34-18-20(22-9-2-3-10-24(22)34)16-23-27(30)35-29(31-28(23)37)39-25(32-35)17-26(36)33-11-4-5-12-33/h2-3,6-10,15-16,18,30H,4-5,11-14,17H2,1H3. The number of para-hydroxylation sites is 1. The van der Waals surface area contributed by atoms with Crippen LogP contribution in [0.4, 0.5) is 0 Å². The predicted molar refractivity (Wildman–Crippen MR) is 154 cm³/mol. The summed E-state index contributed by atoms with van der Waals surface area (Å²) in [7, 11) is 0. The molecule has 2 amide bonds. The van der Waals surface area contributed by atoms with Crippen molar-refractivity contribution in [2.75, 3.05) is 19.7 Å². The van der Waals surface area contributed by atoms with Crippen LogP contribution in [-0.2, 0) is 16.1 Å². The van der Waals surface area contributed by atoms with Crippen molar-refractivity contribution >= 4 is 56.6 Å². The van der Waals surface area contributed by atoms with Gasteiger partial charge in [0.15, 0.2) is 5.84 Å². The number of aliphatic imine (C=N–C) groups is 1. The number of carbonyl (C=O) groups excluding carboxylic acids is 2. The van der Waals surface area contributed by atoms with Crippen LogP contribution >= 0.6 is 11.8 Å². The molecule has 2 aromatic carbocycles. The van der Waals surface area contributed by atoms with Crippen LogP contribution in [0.15, 0.2) is 70.4 Å². The number of hydrazone groups is 1. The van der Waals surface area contributed by atoms with Crippen molar-refractivity contribution in [2.45, 2.75) is 32.7 Å². The highest BCUT2D eigenvalue weighted by molar-refractivity contribution is 8.27. The Morgan fingerprint density at radius 2 is 1.97 bits per heavy atom. The molecule has 198 valence electrons. The smallest absolute Gasteiger partial charge is 0.283 e. The molecule has 6 rings (SSSR count). The molecule has 0 unspecified atom stereocenters. The highest BCUT2D eigenvalue weighted by Crippen LogP contribution is 2.31. The quantitative estimate of drug-likeness (QED) is 0.439. The van der Waals surface area contributed by atoms with Crippen LogP contribution in [-0.4, -0.2) is 62.0 Å². The number of fused-ring (bicyclic) bond motifs is 2. The third-order valence-electron chi connectivity index (χ3n) is 6.97. The van der Waals surface area contributed by atoms with E-state index < -0.39 is 5.91 Å². The number of amidine groups is 2. The average Bonchev–Trinajstić information content (AvgIpc) is 3.67. The first-order valence-electron chi connectivity index (χ1n) is 13.0.